The number of nitrogens with two attached hydrogens (primary N) is 1. The van der Waals surface area contributed by atoms with Gasteiger partial charge in [-0.3, -0.25) is 20.8 Å². The van der Waals surface area contributed by atoms with Crippen molar-refractivity contribution in [1.82, 2.24) is 4.90 Å². The van der Waals surface area contributed by atoms with E-state index in [1.165, 1.54) is 17.0 Å². The number of hydrogen-bond donors (Lipinski definition) is 3. The van der Waals surface area contributed by atoms with Crippen molar-refractivity contribution in [3.8, 4) is 0 Å². The highest BCUT2D eigenvalue weighted by atomic mass is 16.6. The zero-order valence-corrected chi connectivity index (χ0v) is 10.1. The van der Waals surface area contributed by atoms with E-state index < -0.39 is 4.92 Å². The number of hydrazine groups is 1. The predicted octanol–water partition coefficient (Wildman–Crippen LogP) is 0.380. The predicted molar refractivity (Wildman–Crippen MR) is 68.1 cm³/mol. The first-order chi connectivity index (χ1) is 8.43. The van der Waals surface area contributed by atoms with Crippen LogP contribution >= 0.6 is 0 Å². The van der Waals surface area contributed by atoms with Crippen molar-refractivity contribution >= 4 is 23.0 Å². The van der Waals surface area contributed by atoms with Crippen molar-refractivity contribution in [3.63, 3.8) is 0 Å². The number of nitrogens with zero attached hydrogens (tertiary/aromatic N) is 2. The van der Waals surface area contributed by atoms with Gasteiger partial charge in [0.25, 0.3) is 5.69 Å². The molecule has 0 spiro atoms. The van der Waals surface area contributed by atoms with E-state index >= 15 is 0 Å². The molecule has 0 saturated heterocycles. The Morgan fingerprint density at radius 2 is 2.00 bits per heavy atom. The number of rotatable bonds is 5. The number of hydrogen-bond acceptors (Lipinski definition) is 6. The molecule has 18 heavy (non-hydrogen) atoms. The average Bonchev–Trinajstić information content (AvgIpc) is 2.35. The molecule has 0 bridgehead atoms. The van der Waals surface area contributed by atoms with Crippen LogP contribution in [0.25, 0.3) is 0 Å². The maximum atomic E-state index is 11.4. The van der Waals surface area contributed by atoms with Gasteiger partial charge in [0.1, 0.15) is 0 Å². The fourth-order valence-electron chi connectivity index (χ4n) is 1.24. The van der Waals surface area contributed by atoms with Crippen LogP contribution in [0.1, 0.15) is 0 Å². The van der Waals surface area contributed by atoms with Gasteiger partial charge in [0.05, 0.1) is 17.2 Å². The summed E-state index contributed by atoms with van der Waals surface area (Å²) in [7, 11) is 3.26. The zero-order chi connectivity index (χ0) is 13.7. The van der Waals surface area contributed by atoms with Crippen molar-refractivity contribution in [2.24, 2.45) is 5.84 Å². The van der Waals surface area contributed by atoms with E-state index in [2.05, 4.69) is 10.7 Å². The Kier molecular flexibility index (Phi) is 4.44. The van der Waals surface area contributed by atoms with Crippen LogP contribution in [0.2, 0.25) is 0 Å². The van der Waals surface area contributed by atoms with Gasteiger partial charge in [-0.15, -0.1) is 0 Å². The number of nitrogen functional groups attached to an aromatic ring is 1. The molecule has 8 nitrogen and oxygen atoms in total. The lowest BCUT2D eigenvalue weighted by Gasteiger charge is -2.12. The molecule has 1 rings (SSSR count). The largest absolute Gasteiger partial charge is 0.376 e. The number of nitro benzene ring substituents is 1. The highest BCUT2D eigenvalue weighted by molar-refractivity contribution is 5.80. The Morgan fingerprint density at radius 3 is 2.50 bits per heavy atom. The second-order valence-corrected chi connectivity index (χ2v) is 3.81. The lowest BCUT2D eigenvalue weighted by molar-refractivity contribution is -0.384. The molecule has 0 unspecified atom stereocenters. The SMILES string of the molecule is CN(C)C(=O)CNc1cc(NN)cc([N+](=O)[O-])c1. The third-order valence-corrected chi connectivity index (χ3v) is 2.24. The molecule has 0 saturated carbocycles. The first-order valence-electron chi connectivity index (χ1n) is 5.14. The van der Waals surface area contributed by atoms with Crippen LogP contribution < -0.4 is 16.6 Å². The number of carbonyl (C=O) groups is 1. The van der Waals surface area contributed by atoms with Crippen molar-refractivity contribution in [1.29, 1.82) is 0 Å². The molecule has 1 amide bonds. The number of amides is 1. The summed E-state index contributed by atoms with van der Waals surface area (Å²) in [5, 5.41) is 13.5. The van der Waals surface area contributed by atoms with Crippen LogP contribution in [-0.4, -0.2) is 36.4 Å². The zero-order valence-electron chi connectivity index (χ0n) is 10.1. The molecule has 1 aromatic carbocycles. The molecular weight excluding hydrogens is 238 g/mol. The molecular formula is C10H15N5O3. The number of likely N-dealkylation sites (N-methyl/N-ethyl adjacent to an activating group) is 1. The molecule has 0 aliphatic carbocycles. The number of benzene rings is 1. The Morgan fingerprint density at radius 1 is 1.39 bits per heavy atom. The van der Waals surface area contributed by atoms with E-state index in [1.54, 1.807) is 20.2 Å². The van der Waals surface area contributed by atoms with Gasteiger partial charge in [-0.2, -0.15) is 0 Å². The van der Waals surface area contributed by atoms with Crippen LogP contribution in [0.3, 0.4) is 0 Å². The maximum absolute atomic E-state index is 11.4. The topological polar surface area (TPSA) is 114 Å². The van der Waals surface area contributed by atoms with Crippen molar-refractivity contribution in [2.45, 2.75) is 0 Å². The van der Waals surface area contributed by atoms with Crippen LogP contribution in [0, 0.1) is 10.1 Å². The molecule has 0 aliphatic heterocycles. The first-order valence-corrected chi connectivity index (χ1v) is 5.14. The summed E-state index contributed by atoms with van der Waals surface area (Å²) >= 11 is 0. The lowest BCUT2D eigenvalue weighted by Crippen LogP contribution is -2.28. The van der Waals surface area contributed by atoms with E-state index in [-0.39, 0.29) is 18.1 Å². The van der Waals surface area contributed by atoms with E-state index in [9.17, 15) is 14.9 Å². The van der Waals surface area contributed by atoms with Gasteiger partial charge in [0.2, 0.25) is 5.91 Å². The molecule has 8 heteroatoms. The standard InChI is InChI=1S/C10H15N5O3/c1-14(2)10(16)6-12-7-3-8(13-11)5-9(4-7)15(17)18/h3-5,12-13H,6,11H2,1-2H3. The summed E-state index contributed by atoms with van der Waals surface area (Å²) < 4.78 is 0. The van der Waals surface area contributed by atoms with Crippen LogP contribution in [0.15, 0.2) is 18.2 Å². The molecule has 98 valence electrons. The smallest absolute Gasteiger partial charge is 0.273 e. The normalized spacial score (nSPS) is 9.72. The Balaban J connectivity index is 2.85. The minimum atomic E-state index is -0.528. The number of non-ortho nitro benzene ring substituents is 1. The Bertz CT molecular complexity index is 461. The van der Waals surface area contributed by atoms with Gasteiger partial charge in [0, 0.05) is 31.9 Å². The lowest BCUT2D eigenvalue weighted by atomic mass is 10.2. The van der Waals surface area contributed by atoms with Crippen LogP contribution in [-0.2, 0) is 4.79 Å². The minimum Gasteiger partial charge on any atom is -0.376 e. The van der Waals surface area contributed by atoms with Crippen LogP contribution in [0.4, 0.5) is 17.1 Å². The monoisotopic (exact) mass is 253 g/mol. The first kappa shape index (κ1) is 13.7. The summed E-state index contributed by atoms with van der Waals surface area (Å²) in [6.45, 7) is 0.0537. The van der Waals surface area contributed by atoms with E-state index in [0.29, 0.717) is 11.4 Å². The average molecular weight is 253 g/mol. The second kappa shape index (κ2) is 5.82. The van der Waals surface area contributed by atoms with Crippen molar-refractivity contribution in [2.75, 3.05) is 31.4 Å². The molecule has 4 N–H and O–H groups in total. The number of anilines is 2. The quantitative estimate of drug-likeness (QED) is 0.397. The van der Waals surface area contributed by atoms with Crippen LogP contribution in [0.5, 0.6) is 0 Å². The van der Waals surface area contributed by atoms with E-state index in [1.807, 2.05) is 0 Å². The molecule has 0 heterocycles. The summed E-state index contributed by atoms with van der Waals surface area (Å²) in [6.07, 6.45) is 0. The third kappa shape index (κ3) is 3.59. The summed E-state index contributed by atoms with van der Waals surface area (Å²) in [4.78, 5) is 23.0. The molecule has 0 radical (unpaired) electrons. The fraction of sp³-hybridized carbons (Fsp3) is 0.300. The molecule has 0 fully saturated rings. The van der Waals surface area contributed by atoms with Gasteiger partial charge >= 0.3 is 0 Å². The van der Waals surface area contributed by atoms with E-state index in [0.717, 1.165) is 0 Å². The van der Waals surface area contributed by atoms with Gasteiger partial charge < -0.3 is 15.6 Å². The summed E-state index contributed by atoms with van der Waals surface area (Å²) in [5.41, 5.74) is 3.07. The molecule has 0 aliphatic rings. The number of carbonyl (C=O) groups excluding carboxylic acids is 1. The minimum absolute atomic E-state index is 0.0537. The second-order valence-electron chi connectivity index (χ2n) is 3.81. The number of nitro groups is 1. The maximum Gasteiger partial charge on any atom is 0.273 e. The molecule has 1 aromatic rings. The Labute approximate surface area is 104 Å². The summed E-state index contributed by atoms with van der Waals surface area (Å²) in [5.74, 6) is 5.08. The van der Waals surface area contributed by atoms with Gasteiger partial charge in [-0.25, -0.2) is 0 Å². The van der Waals surface area contributed by atoms with Gasteiger partial charge in [-0.1, -0.05) is 0 Å². The highest BCUT2D eigenvalue weighted by Gasteiger charge is 2.10. The summed E-state index contributed by atoms with van der Waals surface area (Å²) in [6, 6.07) is 4.22. The molecule has 0 atom stereocenters. The number of nitrogens with one attached hydrogen (secondary N) is 2. The Hall–Kier alpha value is -2.35. The fourth-order valence-corrected chi connectivity index (χ4v) is 1.24. The van der Waals surface area contributed by atoms with E-state index in [4.69, 9.17) is 5.84 Å². The highest BCUT2D eigenvalue weighted by Crippen LogP contribution is 2.23. The third-order valence-electron chi connectivity index (χ3n) is 2.24. The molecule has 0 aromatic heterocycles. The van der Waals surface area contributed by atoms with Gasteiger partial charge in [-0.05, 0) is 6.07 Å². The van der Waals surface area contributed by atoms with Crippen molar-refractivity contribution < 1.29 is 9.72 Å². The van der Waals surface area contributed by atoms with Gasteiger partial charge in [0.15, 0.2) is 0 Å². The van der Waals surface area contributed by atoms with Crippen molar-refractivity contribution in [3.05, 3.63) is 28.3 Å².